The summed E-state index contributed by atoms with van der Waals surface area (Å²) >= 11 is 0. The number of aromatic nitrogens is 6. The van der Waals surface area contributed by atoms with E-state index in [2.05, 4.69) is 24.9 Å². The van der Waals surface area contributed by atoms with Crippen molar-refractivity contribution in [1.82, 2.24) is 34.4 Å². The first-order chi connectivity index (χ1) is 13.2. The predicted octanol–water partition coefficient (Wildman–Crippen LogP) is 1.76. The Morgan fingerprint density at radius 2 is 2.04 bits per heavy atom. The highest BCUT2D eigenvalue weighted by molar-refractivity contribution is 5.93. The van der Waals surface area contributed by atoms with Gasteiger partial charge in [0.25, 0.3) is 5.91 Å². The van der Waals surface area contributed by atoms with Crippen LogP contribution in [0.3, 0.4) is 0 Å². The molecule has 138 valence electrons. The summed E-state index contributed by atoms with van der Waals surface area (Å²) in [4.78, 5) is 35.6. The van der Waals surface area contributed by atoms with Crippen LogP contribution in [0.15, 0.2) is 43.5 Å². The minimum absolute atomic E-state index is 0.00307. The molecule has 3 aromatic heterocycles. The molecule has 0 aliphatic carbocycles. The van der Waals surface area contributed by atoms with Crippen molar-refractivity contribution in [1.29, 1.82) is 0 Å². The van der Waals surface area contributed by atoms with Gasteiger partial charge in [0.2, 0.25) is 0 Å². The summed E-state index contributed by atoms with van der Waals surface area (Å²) in [5.74, 6) is 1.19. The van der Waals surface area contributed by atoms with Crippen molar-refractivity contribution >= 4 is 5.91 Å². The Bertz CT molecular complexity index is 925. The van der Waals surface area contributed by atoms with Crippen LogP contribution in [-0.2, 0) is 13.5 Å². The number of hydrogen-bond acceptors (Lipinski definition) is 6. The van der Waals surface area contributed by atoms with Gasteiger partial charge in [-0.15, -0.1) is 0 Å². The lowest BCUT2D eigenvalue weighted by Gasteiger charge is -2.32. The van der Waals surface area contributed by atoms with Crippen molar-refractivity contribution in [3.05, 3.63) is 54.8 Å². The Hall–Kier alpha value is -3.16. The summed E-state index contributed by atoms with van der Waals surface area (Å²) < 4.78 is 1.94. The highest BCUT2D eigenvalue weighted by atomic mass is 16.2. The lowest BCUT2D eigenvalue weighted by Crippen LogP contribution is -2.40. The van der Waals surface area contributed by atoms with Crippen molar-refractivity contribution < 1.29 is 4.79 Å². The Kier molecular flexibility index (Phi) is 4.86. The lowest BCUT2D eigenvalue weighted by atomic mass is 9.92. The van der Waals surface area contributed by atoms with E-state index in [1.807, 2.05) is 28.8 Å². The van der Waals surface area contributed by atoms with Crippen LogP contribution in [0.25, 0.3) is 11.5 Å². The summed E-state index contributed by atoms with van der Waals surface area (Å²) in [5, 5.41) is 0. The molecule has 4 rings (SSSR count). The zero-order valence-electron chi connectivity index (χ0n) is 15.2. The van der Waals surface area contributed by atoms with Gasteiger partial charge < -0.3 is 9.47 Å². The number of piperidine rings is 1. The molecule has 1 unspecified atom stereocenters. The quantitative estimate of drug-likeness (QED) is 0.702. The van der Waals surface area contributed by atoms with Gasteiger partial charge in [-0.05, 0) is 31.2 Å². The minimum Gasteiger partial charge on any atom is -0.338 e. The topological polar surface area (TPSA) is 89.7 Å². The molecular weight excluding hydrogens is 342 g/mol. The van der Waals surface area contributed by atoms with Crippen molar-refractivity contribution in [2.24, 2.45) is 13.0 Å². The zero-order valence-corrected chi connectivity index (χ0v) is 15.2. The third kappa shape index (κ3) is 3.84. The lowest BCUT2D eigenvalue weighted by molar-refractivity contribution is 0.0672. The maximum absolute atomic E-state index is 12.7. The smallest absolute Gasteiger partial charge is 0.256 e. The predicted molar refractivity (Wildman–Crippen MR) is 98.6 cm³/mol. The van der Waals surface area contributed by atoms with Crippen LogP contribution in [0.4, 0.5) is 0 Å². The maximum Gasteiger partial charge on any atom is 0.256 e. The van der Waals surface area contributed by atoms with Gasteiger partial charge in [-0.1, -0.05) is 0 Å². The van der Waals surface area contributed by atoms with Gasteiger partial charge in [-0.25, -0.2) is 24.9 Å². The van der Waals surface area contributed by atoms with E-state index in [9.17, 15) is 4.79 Å². The van der Waals surface area contributed by atoms with Crippen molar-refractivity contribution in [2.45, 2.75) is 19.3 Å². The number of carbonyl (C=O) groups excluding carboxylic acids is 1. The number of carbonyl (C=O) groups is 1. The molecule has 0 saturated carbocycles. The van der Waals surface area contributed by atoms with E-state index in [1.165, 1.54) is 6.33 Å². The fourth-order valence-electron chi connectivity index (χ4n) is 3.55. The van der Waals surface area contributed by atoms with Crippen LogP contribution in [-0.4, -0.2) is 53.4 Å². The first-order valence-electron chi connectivity index (χ1n) is 9.03. The normalized spacial score (nSPS) is 17.1. The van der Waals surface area contributed by atoms with E-state index in [4.69, 9.17) is 0 Å². The number of aryl methyl sites for hydroxylation is 1. The van der Waals surface area contributed by atoms with Gasteiger partial charge in [-0.2, -0.15) is 0 Å². The fourth-order valence-corrected chi connectivity index (χ4v) is 3.55. The molecule has 1 atom stereocenters. The second kappa shape index (κ2) is 7.61. The Labute approximate surface area is 157 Å². The molecule has 1 amide bonds. The van der Waals surface area contributed by atoms with Gasteiger partial charge in [0.05, 0.1) is 5.56 Å². The van der Waals surface area contributed by atoms with Crippen molar-refractivity contribution in [3.8, 4) is 11.5 Å². The third-order valence-corrected chi connectivity index (χ3v) is 4.89. The largest absolute Gasteiger partial charge is 0.338 e. The van der Waals surface area contributed by atoms with E-state index in [0.717, 1.165) is 49.6 Å². The van der Waals surface area contributed by atoms with Gasteiger partial charge in [0, 0.05) is 50.6 Å². The molecule has 8 heteroatoms. The van der Waals surface area contributed by atoms with Crippen LogP contribution in [0.5, 0.6) is 0 Å². The first kappa shape index (κ1) is 17.3. The standard InChI is InChI=1S/C19H21N7O/c1-25-6-4-22-18(25)17-8-16(23-13-24-17)7-14-3-2-5-26(11-14)19(27)15-9-20-12-21-10-15/h4,6,8-10,12-14H,2-3,5,7,11H2,1H3. The Morgan fingerprint density at radius 3 is 2.81 bits per heavy atom. The molecule has 1 saturated heterocycles. The molecular formula is C19H21N7O. The van der Waals surface area contributed by atoms with E-state index >= 15 is 0 Å². The molecule has 1 fully saturated rings. The molecule has 1 aliphatic rings. The van der Waals surface area contributed by atoms with Gasteiger partial charge in [0.1, 0.15) is 18.3 Å². The summed E-state index contributed by atoms with van der Waals surface area (Å²) in [5.41, 5.74) is 2.33. The fraction of sp³-hybridized carbons (Fsp3) is 0.368. The summed E-state index contributed by atoms with van der Waals surface area (Å²) in [6, 6.07) is 1.99. The van der Waals surface area contributed by atoms with Crippen LogP contribution >= 0.6 is 0 Å². The molecule has 0 bridgehead atoms. The van der Waals surface area contributed by atoms with Crippen molar-refractivity contribution in [2.75, 3.05) is 13.1 Å². The van der Waals surface area contributed by atoms with Crippen molar-refractivity contribution in [3.63, 3.8) is 0 Å². The van der Waals surface area contributed by atoms with Gasteiger partial charge >= 0.3 is 0 Å². The average Bonchev–Trinajstić information content (AvgIpc) is 3.14. The number of imidazole rings is 1. The molecule has 0 spiro atoms. The first-order valence-corrected chi connectivity index (χ1v) is 9.03. The molecule has 4 heterocycles. The molecule has 27 heavy (non-hydrogen) atoms. The average molecular weight is 363 g/mol. The molecule has 8 nitrogen and oxygen atoms in total. The highest BCUT2D eigenvalue weighted by Gasteiger charge is 2.25. The zero-order chi connectivity index (χ0) is 18.6. The Morgan fingerprint density at radius 1 is 1.19 bits per heavy atom. The monoisotopic (exact) mass is 363 g/mol. The number of nitrogens with zero attached hydrogens (tertiary/aromatic N) is 7. The van der Waals surface area contributed by atoms with Crippen LogP contribution in [0.2, 0.25) is 0 Å². The third-order valence-electron chi connectivity index (χ3n) is 4.89. The maximum atomic E-state index is 12.7. The van der Waals surface area contributed by atoms with E-state index in [1.54, 1.807) is 24.9 Å². The molecule has 3 aromatic rings. The SMILES string of the molecule is Cn1ccnc1-c1cc(CC2CCCN(C(=O)c3cncnc3)C2)ncn1. The number of amides is 1. The van der Waals surface area contributed by atoms with E-state index in [0.29, 0.717) is 11.5 Å². The number of hydrogen-bond donors (Lipinski definition) is 0. The second-order valence-corrected chi connectivity index (χ2v) is 6.85. The van der Waals surface area contributed by atoms with Crippen LogP contribution < -0.4 is 0 Å². The van der Waals surface area contributed by atoms with Gasteiger partial charge in [-0.3, -0.25) is 4.79 Å². The van der Waals surface area contributed by atoms with Gasteiger partial charge in [0.15, 0.2) is 5.82 Å². The summed E-state index contributed by atoms with van der Waals surface area (Å²) in [6.45, 7) is 1.49. The summed E-state index contributed by atoms with van der Waals surface area (Å²) in [7, 11) is 1.95. The molecule has 0 aromatic carbocycles. The van der Waals surface area contributed by atoms with E-state index < -0.39 is 0 Å². The number of rotatable bonds is 4. The van der Waals surface area contributed by atoms with E-state index in [-0.39, 0.29) is 5.91 Å². The van der Waals surface area contributed by atoms with Crippen LogP contribution in [0, 0.1) is 5.92 Å². The van der Waals surface area contributed by atoms with Crippen LogP contribution in [0.1, 0.15) is 28.9 Å². The molecule has 0 radical (unpaired) electrons. The molecule has 0 N–H and O–H groups in total. The summed E-state index contributed by atoms with van der Waals surface area (Å²) in [6.07, 6.45) is 12.7. The highest BCUT2D eigenvalue weighted by Crippen LogP contribution is 2.23. The Balaban J connectivity index is 1.45. The number of likely N-dealkylation sites (tertiary alicyclic amines) is 1. The second-order valence-electron chi connectivity index (χ2n) is 6.85. The minimum atomic E-state index is -0.00307. The molecule has 1 aliphatic heterocycles.